The highest BCUT2D eigenvalue weighted by molar-refractivity contribution is 7.91. The summed E-state index contributed by atoms with van der Waals surface area (Å²) in [6.07, 6.45) is 0. The van der Waals surface area contributed by atoms with Crippen LogP contribution in [0.15, 0.2) is 12.1 Å². The van der Waals surface area contributed by atoms with E-state index in [1.165, 1.54) is 4.72 Å². The highest BCUT2D eigenvalue weighted by Gasteiger charge is 2.18. The van der Waals surface area contributed by atoms with E-state index in [1.54, 1.807) is 4.72 Å². The Labute approximate surface area is 101 Å². The molecule has 0 fully saturated rings. The third kappa shape index (κ3) is 3.82. The molecule has 0 unspecified atom stereocenters. The number of amides is 1. The number of halogens is 3. The van der Waals surface area contributed by atoms with Crippen molar-refractivity contribution in [2.45, 2.75) is 6.92 Å². The number of carbonyl (C=O) groups is 1. The smallest absolute Gasteiger partial charge is 0.274 e. The van der Waals surface area contributed by atoms with Gasteiger partial charge in [-0.05, 0) is 12.1 Å². The molecular formula is C8H7ClF2N2O3S. The van der Waals surface area contributed by atoms with Crippen molar-refractivity contribution in [3.8, 4) is 0 Å². The summed E-state index contributed by atoms with van der Waals surface area (Å²) < 4.78 is 51.8. The summed E-state index contributed by atoms with van der Waals surface area (Å²) in [5.74, 6) is -3.28. The summed E-state index contributed by atoms with van der Waals surface area (Å²) in [6.45, 7) is 0.938. The van der Waals surface area contributed by atoms with Gasteiger partial charge in [0, 0.05) is 11.9 Å². The Bertz CT molecular complexity index is 539. The van der Waals surface area contributed by atoms with Crippen LogP contribution in [0.2, 0.25) is 5.02 Å². The minimum Gasteiger partial charge on any atom is -0.274 e. The lowest BCUT2D eigenvalue weighted by atomic mass is 10.3. The van der Waals surface area contributed by atoms with Gasteiger partial charge >= 0.3 is 10.2 Å². The number of carbonyl (C=O) groups excluding carboxylic acids is 1. The molecule has 0 atom stereocenters. The summed E-state index contributed by atoms with van der Waals surface area (Å²) in [5.41, 5.74) is -0.914. The molecule has 0 heterocycles. The average molecular weight is 285 g/mol. The molecule has 0 saturated heterocycles. The average Bonchev–Trinajstić information content (AvgIpc) is 2.09. The van der Waals surface area contributed by atoms with E-state index < -0.39 is 33.4 Å². The SMILES string of the molecule is CC(=O)NS(=O)(=O)Nc1c(F)cc(Cl)cc1F. The van der Waals surface area contributed by atoms with Crippen LogP contribution in [0.3, 0.4) is 0 Å². The fraction of sp³-hybridized carbons (Fsp3) is 0.125. The third-order valence-electron chi connectivity index (χ3n) is 1.52. The lowest BCUT2D eigenvalue weighted by Gasteiger charge is -2.09. The minimum absolute atomic E-state index is 0.220. The van der Waals surface area contributed by atoms with E-state index >= 15 is 0 Å². The Morgan fingerprint density at radius 1 is 1.29 bits per heavy atom. The number of anilines is 1. The first-order valence-electron chi connectivity index (χ1n) is 4.17. The van der Waals surface area contributed by atoms with Crippen LogP contribution >= 0.6 is 11.6 Å². The Balaban J connectivity index is 3.08. The van der Waals surface area contributed by atoms with E-state index in [0.29, 0.717) is 0 Å². The predicted molar refractivity (Wildman–Crippen MR) is 57.7 cm³/mol. The van der Waals surface area contributed by atoms with Gasteiger partial charge < -0.3 is 0 Å². The lowest BCUT2D eigenvalue weighted by Crippen LogP contribution is -2.34. The molecule has 2 N–H and O–H groups in total. The second kappa shape index (κ2) is 4.84. The van der Waals surface area contributed by atoms with Gasteiger partial charge in [0.05, 0.1) is 0 Å². The van der Waals surface area contributed by atoms with Gasteiger partial charge in [0.25, 0.3) is 0 Å². The van der Waals surface area contributed by atoms with E-state index in [4.69, 9.17) is 11.6 Å². The molecule has 0 aromatic heterocycles. The number of benzene rings is 1. The van der Waals surface area contributed by atoms with Crippen molar-refractivity contribution in [2.75, 3.05) is 4.72 Å². The maximum Gasteiger partial charge on any atom is 0.323 e. The Hall–Kier alpha value is -1.41. The molecular weight excluding hydrogens is 278 g/mol. The molecule has 1 rings (SSSR count). The molecule has 1 aromatic rings. The fourth-order valence-corrected chi connectivity index (χ4v) is 2.07. The topological polar surface area (TPSA) is 75.3 Å². The van der Waals surface area contributed by atoms with Crippen molar-refractivity contribution < 1.29 is 22.0 Å². The molecule has 9 heteroatoms. The number of nitrogens with one attached hydrogen (secondary N) is 2. The van der Waals surface area contributed by atoms with Gasteiger partial charge in [-0.2, -0.15) is 8.42 Å². The second-order valence-electron chi connectivity index (χ2n) is 3.01. The molecule has 17 heavy (non-hydrogen) atoms. The number of rotatable bonds is 3. The zero-order valence-electron chi connectivity index (χ0n) is 8.42. The van der Waals surface area contributed by atoms with Crippen LogP contribution in [-0.2, 0) is 15.0 Å². The van der Waals surface area contributed by atoms with Crippen molar-refractivity contribution in [3.05, 3.63) is 28.8 Å². The second-order valence-corrected chi connectivity index (χ2v) is 4.86. The zero-order chi connectivity index (χ0) is 13.2. The number of hydrogen-bond donors (Lipinski definition) is 2. The minimum atomic E-state index is -4.36. The molecule has 0 saturated carbocycles. The largest absolute Gasteiger partial charge is 0.323 e. The molecule has 0 aliphatic carbocycles. The van der Waals surface area contributed by atoms with E-state index in [1.807, 2.05) is 0 Å². The molecule has 0 bridgehead atoms. The molecule has 5 nitrogen and oxygen atoms in total. The van der Waals surface area contributed by atoms with E-state index in [9.17, 15) is 22.0 Å². The summed E-state index contributed by atoms with van der Waals surface area (Å²) >= 11 is 5.35. The first kappa shape index (κ1) is 13.7. The quantitative estimate of drug-likeness (QED) is 0.881. The Kier molecular flexibility index (Phi) is 3.89. The van der Waals surface area contributed by atoms with Gasteiger partial charge in [0.2, 0.25) is 5.91 Å². The summed E-state index contributed by atoms with van der Waals surface area (Å²) in [4.78, 5) is 10.5. The summed E-state index contributed by atoms with van der Waals surface area (Å²) in [5, 5.41) is -0.220. The molecule has 1 aromatic carbocycles. The monoisotopic (exact) mass is 284 g/mol. The van der Waals surface area contributed by atoms with Crippen molar-refractivity contribution in [1.29, 1.82) is 0 Å². The van der Waals surface area contributed by atoms with Crippen LogP contribution in [0.4, 0.5) is 14.5 Å². The van der Waals surface area contributed by atoms with E-state index in [2.05, 4.69) is 0 Å². The van der Waals surface area contributed by atoms with E-state index in [-0.39, 0.29) is 5.02 Å². The van der Waals surface area contributed by atoms with Crippen LogP contribution < -0.4 is 9.44 Å². The zero-order valence-corrected chi connectivity index (χ0v) is 9.99. The predicted octanol–water partition coefficient (Wildman–Crippen LogP) is 1.41. The van der Waals surface area contributed by atoms with E-state index in [0.717, 1.165) is 19.1 Å². The Morgan fingerprint density at radius 2 is 1.76 bits per heavy atom. The standard InChI is InChI=1S/C8H7ClF2N2O3S/c1-4(14)12-17(15,16)13-8-6(10)2-5(9)3-7(8)11/h2-3,13H,1H3,(H,12,14). The fourth-order valence-electron chi connectivity index (χ4n) is 0.989. The molecule has 0 radical (unpaired) electrons. The van der Waals surface area contributed by atoms with Gasteiger partial charge in [-0.1, -0.05) is 11.6 Å². The van der Waals surface area contributed by atoms with Crippen molar-refractivity contribution in [1.82, 2.24) is 4.72 Å². The van der Waals surface area contributed by atoms with Crippen LogP contribution in [0, 0.1) is 11.6 Å². The third-order valence-corrected chi connectivity index (χ3v) is 2.77. The normalized spacial score (nSPS) is 11.1. The van der Waals surface area contributed by atoms with Gasteiger partial charge in [0.1, 0.15) is 5.69 Å². The summed E-state index contributed by atoms with van der Waals surface area (Å²) in [7, 11) is -4.36. The van der Waals surface area contributed by atoms with Crippen molar-refractivity contribution in [3.63, 3.8) is 0 Å². The van der Waals surface area contributed by atoms with Crippen LogP contribution in [0.5, 0.6) is 0 Å². The first-order valence-corrected chi connectivity index (χ1v) is 6.03. The highest BCUT2D eigenvalue weighted by Crippen LogP contribution is 2.23. The first-order chi connectivity index (χ1) is 7.71. The molecule has 94 valence electrons. The maximum atomic E-state index is 13.2. The number of hydrogen-bond acceptors (Lipinski definition) is 3. The Morgan fingerprint density at radius 3 is 2.18 bits per heavy atom. The molecule has 0 spiro atoms. The van der Waals surface area contributed by atoms with Gasteiger partial charge in [-0.25, -0.2) is 13.5 Å². The van der Waals surface area contributed by atoms with Gasteiger partial charge in [-0.15, -0.1) is 0 Å². The van der Waals surface area contributed by atoms with Crippen LogP contribution in [-0.4, -0.2) is 14.3 Å². The van der Waals surface area contributed by atoms with Gasteiger partial charge in [0.15, 0.2) is 11.6 Å². The molecule has 0 aliphatic heterocycles. The van der Waals surface area contributed by atoms with Crippen LogP contribution in [0.1, 0.15) is 6.92 Å². The van der Waals surface area contributed by atoms with Crippen molar-refractivity contribution >= 4 is 33.4 Å². The van der Waals surface area contributed by atoms with Crippen molar-refractivity contribution in [2.24, 2.45) is 0 Å². The molecule has 0 aliphatic rings. The highest BCUT2D eigenvalue weighted by atomic mass is 35.5. The van der Waals surface area contributed by atoms with Gasteiger partial charge in [-0.3, -0.25) is 9.52 Å². The molecule has 1 amide bonds. The lowest BCUT2D eigenvalue weighted by molar-refractivity contribution is -0.117. The maximum absolute atomic E-state index is 13.2. The summed E-state index contributed by atoms with van der Waals surface area (Å²) in [6, 6.07) is 1.46. The van der Waals surface area contributed by atoms with Crippen LogP contribution in [0.25, 0.3) is 0 Å².